The Morgan fingerprint density at radius 2 is 2.09 bits per heavy atom. The first-order valence-electron chi connectivity index (χ1n) is 10.5. The second-order valence-corrected chi connectivity index (χ2v) is 9.28. The van der Waals surface area contributed by atoms with Crippen molar-refractivity contribution in [2.45, 2.75) is 50.1 Å². The number of carbonyl (C=O) groups excluding carboxylic acids is 1. The van der Waals surface area contributed by atoms with Crippen molar-refractivity contribution in [3.63, 3.8) is 0 Å². The van der Waals surface area contributed by atoms with Crippen molar-refractivity contribution < 1.29 is 9.53 Å². The van der Waals surface area contributed by atoms with Crippen molar-refractivity contribution in [3.05, 3.63) is 63.9 Å². The Bertz CT molecular complexity index is 1150. The second-order valence-electron chi connectivity index (χ2n) is 7.76. The molecule has 2 aromatic carbocycles. The number of methoxy groups -OCH3 is 1. The number of anilines is 1. The van der Waals surface area contributed by atoms with Gasteiger partial charge in [-0.05, 0) is 55.2 Å². The summed E-state index contributed by atoms with van der Waals surface area (Å²) in [5.74, 6) is 1.32. The van der Waals surface area contributed by atoms with Crippen molar-refractivity contribution >= 4 is 35.0 Å². The molecule has 168 valence electrons. The predicted molar refractivity (Wildman–Crippen MR) is 128 cm³/mol. The molecular formula is C23H26ClN5O2S. The van der Waals surface area contributed by atoms with Gasteiger partial charge in [-0.25, -0.2) is 4.68 Å². The highest BCUT2D eigenvalue weighted by Crippen LogP contribution is 2.39. The minimum atomic E-state index is -0.481. The smallest absolute Gasteiger partial charge is 0.240 e. The van der Waals surface area contributed by atoms with Gasteiger partial charge in [0.25, 0.3) is 0 Å². The predicted octanol–water partition coefficient (Wildman–Crippen LogP) is 4.91. The van der Waals surface area contributed by atoms with E-state index < -0.39 is 5.25 Å². The second kappa shape index (κ2) is 9.42. The highest BCUT2D eigenvalue weighted by Gasteiger charge is 2.38. The molecule has 1 amide bonds. The Balaban J connectivity index is 1.70. The number of aryl methyl sites for hydroxylation is 2. The SMILES string of the molecule is CCCc1nnc2n1N[C@H](c1ccc(OC)c(Cl)c1)[C@H](C(=O)Nc1cccc(C)c1C)S2. The zero-order chi connectivity index (χ0) is 22.8. The molecule has 0 aliphatic carbocycles. The van der Waals surface area contributed by atoms with Crippen LogP contribution < -0.4 is 15.5 Å². The number of benzene rings is 2. The topological polar surface area (TPSA) is 81.1 Å². The Kier molecular flexibility index (Phi) is 6.62. The van der Waals surface area contributed by atoms with Gasteiger partial charge in [-0.1, -0.05) is 48.5 Å². The number of carbonyl (C=O) groups is 1. The van der Waals surface area contributed by atoms with Crippen molar-refractivity contribution in [1.82, 2.24) is 14.9 Å². The van der Waals surface area contributed by atoms with E-state index in [-0.39, 0.29) is 11.9 Å². The van der Waals surface area contributed by atoms with Gasteiger partial charge in [0.1, 0.15) is 11.0 Å². The molecule has 0 fully saturated rings. The summed E-state index contributed by atoms with van der Waals surface area (Å²) >= 11 is 7.81. The largest absolute Gasteiger partial charge is 0.495 e. The molecule has 4 rings (SSSR count). The molecule has 7 nitrogen and oxygen atoms in total. The fourth-order valence-corrected chi connectivity index (χ4v) is 5.07. The van der Waals surface area contributed by atoms with E-state index in [9.17, 15) is 4.79 Å². The van der Waals surface area contributed by atoms with Crippen LogP contribution in [0.5, 0.6) is 5.75 Å². The highest BCUT2D eigenvalue weighted by atomic mass is 35.5. The lowest BCUT2D eigenvalue weighted by Crippen LogP contribution is -2.41. The van der Waals surface area contributed by atoms with Gasteiger partial charge in [0.15, 0.2) is 5.82 Å². The summed E-state index contributed by atoms with van der Waals surface area (Å²) in [5.41, 5.74) is 7.32. The first kappa shape index (κ1) is 22.5. The van der Waals surface area contributed by atoms with E-state index in [0.29, 0.717) is 15.9 Å². The minimum Gasteiger partial charge on any atom is -0.495 e. The molecule has 1 aromatic heterocycles. The van der Waals surface area contributed by atoms with Gasteiger partial charge in [-0.2, -0.15) is 0 Å². The third-order valence-corrected chi connectivity index (χ3v) is 7.14. The summed E-state index contributed by atoms with van der Waals surface area (Å²) in [6.07, 6.45) is 1.73. The lowest BCUT2D eigenvalue weighted by molar-refractivity contribution is -0.116. The molecule has 0 bridgehead atoms. The van der Waals surface area contributed by atoms with E-state index in [4.69, 9.17) is 16.3 Å². The molecule has 1 aliphatic rings. The maximum absolute atomic E-state index is 13.5. The summed E-state index contributed by atoms with van der Waals surface area (Å²) in [4.78, 5) is 13.5. The summed E-state index contributed by atoms with van der Waals surface area (Å²) in [7, 11) is 1.58. The number of rotatable bonds is 6. The van der Waals surface area contributed by atoms with Crippen LogP contribution in [0.4, 0.5) is 5.69 Å². The summed E-state index contributed by atoms with van der Waals surface area (Å²) in [6, 6.07) is 11.1. The molecule has 1 aliphatic heterocycles. The van der Waals surface area contributed by atoms with Crippen LogP contribution in [0.1, 0.15) is 41.9 Å². The number of hydrogen-bond donors (Lipinski definition) is 2. The van der Waals surface area contributed by atoms with Gasteiger partial charge in [-0.3, -0.25) is 4.79 Å². The molecule has 0 saturated heterocycles. The van der Waals surface area contributed by atoms with Gasteiger partial charge in [-0.15, -0.1) is 10.2 Å². The van der Waals surface area contributed by atoms with Crippen LogP contribution >= 0.6 is 23.4 Å². The quantitative estimate of drug-likeness (QED) is 0.531. The highest BCUT2D eigenvalue weighted by molar-refractivity contribution is 8.00. The Morgan fingerprint density at radius 3 is 2.81 bits per heavy atom. The van der Waals surface area contributed by atoms with E-state index in [2.05, 4.69) is 27.9 Å². The number of nitrogens with zero attached hydrogens (tertiary/aromatic N) is 3. The fraction of sp³-hybridized carbons (Fsp3) is 0.348. The summed E-state index contributed by atoms with van der Waals surface area (Å²) < 4.78 is 7.19. The number of ether oxygens (including phenoxy) is 1. The monoisotopic (exact) mass is 471 g/mol. The Labute approximate surface area is 196 Å². The van der Waals surface area contributed by atoms with E-state index in [1.165, 1.54) is 11.8 Å². The Hall–Kier alpha value is -2.71. The fourth-order valence-electron chi connectivity index (χ4n) is 3.70. The van der Waals surface area contributed by atoms with Crippen molar-refractivity contribution in [2.75, 3.05) is 17.9 Å². The van der Waals surface area contributed by atoms with Crippen LogP contribution in [0.25, 0.3) is 0 Å². The molecule has 2 N–H and O–H groups in total. The lowest BCUT2D eigenvalue weighted by Gasteiger charge is -2.33. The maximum Gasteiger partial charge on any atom is 0.240 e. The van der Waals surface area contributed by atoms with Crippen molar-refractivity contribution in [3.8, 4) is 5.75 Å². The van der Waals surface area contributed by atoms with Crippen molar-refractivity contribution in [1.29, 1.82) is 0 Å². The van der Waals surface area contributed by atoms with Gasteiger partial charge in [0, 0.05) is 12.1 Å². The average Bonchev–Trinajstić information content (AvgIpc) is 3.18. The van der Waals surface area contributed by atoms with Gasteiger partial charge >= 0.3 is 0 Å². The normalized spacial score (nSPS) is 17.4. The first-order valence-corrected chi connectivity index (χ1v) is 11.8. The maximum atomic E-state index is 13.5. The van der Waals surface area contributed by atoms with Gasteiger partial charge in [0.05, 0.1) is 18.2 Å². The number of fused-ring (bicyclic) bond motifs is 1. The average molecular weight is 472 g/mol. The molecule has 0 spiro atoms. The van der Waals surface area contributed by atoms with E-state index in [0.717, 1.165) is 41.0 Å². The summed E-state index contributed by atoms with van der Waals surface area (Å²) in [5, 5.41) is 12.4. The third-order valence-electron chi connectivity index (χ3n) is 5.63. The Morgan fingerprint density at radius 1 is 1.28 bits per heavy atom. The standard InChI is InChI=1S/C23H26ClN5O2S/c1-5-7-19-26-27-23-29(19)28-20(15-10-11-18(31-4)16(24)12-15)21(32-23)22(30)25-17-9-6-8-13(2)14(17)3/h6,8-12,20-21,28H,5,7H2,1-4H3,(H,25,30)/t20-,21-/m1/s1. The van der Waals surface area contributed by atoms with Crippen LogP contribution in [-0.2, 0) is 11.2 Å². The summed E-state index contributed by atoms with van der Waals surface area (Å²) in [6.45, 7) is 6.13. The van der Waals surface area contributed by atoms with Gasteiger partial charge in [0.2, 0.25) is 11.1 Å². The molecule has 3 aromatic rings. The molecule has 2 atom stereocenters. The third kappa shape index (κ3) is 4.29. The number of nitrogens with one attached hydrogen (secondary N) is 2. The van der Waals surface area contributed by atoms with Crippen LogP contribution in [0.2, 0.25) is 5.02 Å². The van der Waals surface area contributed by atoms with Crippen LogP contribution in [0.3, 0.4) is 0 Å². The minimum absolute atomic E-state index is 0.112. The van der Waals surface area contributed by atoms with E-state index in [1.807, 2.05) is 54.9 Å². The number of hydrogen-bond acceptors (Lipinski definition) is 6. The van der Waals surface area contributed by atoms with E-state index >= 15 is 0 Å². The molecule has 32 heavy (non-hydrogen) atoms. The number of thioether (sulfide) groups is 1. The van der Waals surface area contributed by atoms with Crippen LogP contribution in [0.15, 0.2) is 41.6 Å². The first-order chi connectivity index (χ1) is 15.4. The molecule has 0 saturated carbocycles. The molecule has 9 heteroatoms. The number of amides is 1. The van der Waals surface area contributed by atoms with Crippen molar-refractivity contribution in [2.24, 2.45) is 0 Å². The number of aromatic nitrogens is 3. The van der Waals surface area contributed by atoms with Gasteiger partial charge < -0.3 is 15.5 Å². The zero-order valence-corrected chi connectivity index (χ0v) is 20.0. The lowest BCUT2D eigenvalue weighted by atomic mass is 10.0. The molecular weight excluding hydrogens is 446 g/mol. The zero-order valence-electron chi connectivity index (χ0n) is 18.5. The van der Waals surface area contributed by atoms with E-state index in [1.54, 1.807) is 7.11 Å². The van der Waals surface area contributed by atoms with Crippen LogP contribution in [-0.4, -0.2) is 33.1 Å². The molecule has 2 heterocycles. The number of halogens is 1. The molecule has 0 radical (unpaired) electrons. The van der Waals surface area contributed by atoms with Crippen LogP contribution in [0, 0.1) is 13.8 Å². The molecule has 0 unspecified atom stereocenters.